The smallest absolute Gasteiger partial charge is 0.377 e. The van der Waals surface area contributed by atoms with Crippen LogP contribution < -0.4 is 0 Å². The van der Waals surface area contributed by atoms with E-state index in [-0.39, 0.29) is 5.56 Å². The average Bonchev–Trinajstić information content (AvgIpc) is 2.98. The molecule has 0 aromatic heterocycles. The van der Waals surface area contributed by atoms with E-state index in [0.717, 1.165) is 0 Å². The first-order valence-electron chi connectivity index (χ1n) is 8.21. The van der Waals surface area contributed by atoms with Crippen molar-refractivity contribution >= 4 is 23.3 Å². The predicted molar refractivity (Wildman–Crippen MR) is 95.5 cm³/mol. The molecule has 0 unspecified atom stereocenters. The number of esters is 2. The standard InChI is InChI=1S/C19H16N2O7/c22-14(17-15(23)16(24)19(26)28-17)10-27-18(25)11-6-8-13(9-7-11)21-20-12-4-2-1-3-5-12/h1-9,14,17,22-24H,10H2/t14-,17-/m1/s1. The van der Waals surface area contributed by atoms with Crippen LogP contribution in [0.5, 0.6) is 0 Å². The van der Waals surface area contributed by atoms with E-state index in [1.165, 1.54) is 12.1 Å². The second-order valence-corrected chi connectivity index (χ2v) is 5.81. The van der Waals surface area contributed by atoms with Gasteiger partial charge in [0.1, 0.15) is 12.7 Å². The number of aliphatic hydroxyl groups is 3. The summed E-state index contributed by atoms with van der Waals surface area (Å²) in [7, 11) is 0. The fourth-order valence-electron chi connectivity index (χ4n) is 2.33. The molecule has 2 aromatic rings. The van der Waals surface area contributed by atoms with Crippen molar-refractivity contribution in [3.05, 3.63) is 71.7 Å². The average molecular weight is 384 g/mol. The molecular weight excluding hydrogens is 368 g/mol. The molecule has 9 nitrogen and oxygen atoms in total. The van der Waals surface area contributed by atoms with E-state index in [0.29, 0.717) is 11.4 Å². The van der Waals surface area contributed by atoms with Gasteiger partial charge < -0.3 is 24.8 Å². The first-order valence-corrected chi connectivity index (χ1v) is 8.21. The summed E-state index contributed by atoms with van der Waals surface area (Å²) in [5.74, 6) is -3.67. The van der Waals surface area contributed by atoms with Crippen molar-refractivity contribution in [1.29, 1.82) is 0 Å². The van der Waals surface area contributed by atoms with Crippen molar-refractivity contribution in [1.82, 2.24) is 0 Å². The van der Waals surface area contributed by atoms with E-state index < -0.39 is 42.3 Å². The number of aliphatic hydroxyl groups excluding tert-OH is 3. The first-order chi connectivity index (χ1) is 13.5. The molecule has 0 radical (unpaired) electrons. The topological polar surface area (TPSA) is 138 Å². The Morgan fingerprint density at radius 3 is 2.21 bits per heavy atom. The van der Waals surface area contributed by atoms with Crippen LogP contribution in [0.2, 0.25) is 0 Å². The zero-order chi connectivity index (χ0) is 20.1. The number of nitrogens with zero attached hydrogens (tertiary/aromatic N) is 2. The van der Waals surface area contributed by atoms with Gasteiger partial charge >= 0.3 is 11.9 Å². The van der Waals surface area contributed by atoms with Gasteiger partial charge in [-0.05, 0) is 36.4 Å². The van der Waals surface area contributed by atoms with Gasteiger partial charge in [0.15, 0.2) is 11.9 Å². The molecule has 0 fully saturated rings. The van der Waals surface area contributed by atoms with Gasteiger partial charge in [0, 0.05) is 0 Å². The largest absolute Gasteiger partial charge is 0.505 e. The number of cyclic esters (lactones) is 1. The fourth-order valence-corrected chi connectivity index (χ4v) is 2.33. The van der Waals surface area contributed by atoms with Crippen molar-refractivity contribution in [2.75, 3.05) is 6.61 Å². The van der Waals surface area contributed by atoms with E-state index in [2.05, 4.69) is 15.0 Å². The molecule has 144 valence electrons. The number of azo groups is 1. The minimum Gasteiger partial charge on any atom is -0.505 e. The van der Waals surface area contributed by atoms with E-state index in [1.54, 1.807) is 24.3 Å². The lowest BCUT2D eigenvalue weighted by molar-refractivity contribution is -0.147. The van der Waals surface area contributed by atoms with E-state index in [1.807, 2.05) is 18.2 Å². The maximum atomic E-state index is 12.0. The second kappa shape index (κ2) is 8.31. The van der Waals surface area contributed by atoms with E-state index in [4.69, 9.17) is 4.74 Å². The van der Waals surface area contributed by atoms with Crippen LogP contribution in [0.15, 0.2) is 76.3 Å². The number of hydrogen-bond acceptors (Lipinski definition) is 9. The molecule has 28 heavy (non-hydrogen) atoms. The summed E-state index contributed by atoms with van der Waals surface area (Å²) in [6, 6.07) is 15.3. The van der Waals surface area contributed by atoms with Crippen LogP contribution >= 0.6 is 0 Å². The van der Waals surface area contributed by atoms with Crippen LogP contribution in [-0.4, -0.2) is 46.1 Å². The van der Waals surface area contributed by atoms with Crippen molar-refractivity contribution in [2.24, 2.45) is 10.2 Å². The summed E-state index contributed by atoms with van der Waals surface area (Å²) in [5.41, 5.74) is 1.43. The number of benzene rings is 2. The molecule has 1 aliphatic rings. The van der Waals surface area contributed by atoms with Crippen LogP contribution in [0.25, 0.3) is 0 Å². The molecule has 0 bridgehead atoms. The summed E-state index contributed by atoms with van der Waals surface area (Å²) in [5, 5.41) is 36.7. The zero-order valence-corrected chi connectivity index (χ0v) is 14.4. The lowest BCUT2D eigenvalue weighted by Crippen LogP contribution is -2.33. The summed E-state index contributed by atoms with van der Waals surface area (Å²) < 4.78 is 9.53. The van der Waals surface area contributed by atoms with Gasteiger partial charge in [0.25, 0.3) is 0 Å². The van der Waals surface area contributed by atoms with Crippen LogP contribution in [0.3, 0.4) is 0 Å². The Labute approximate surface area is 159 Å². The molecular formula is C19H16N2O7. The molecule has 0 saturated carbocycles. The molecule has 0 saturated heterocycles. The number of hydrogen-bond donors (Lipinski definition) is 3. The molecule has 1 heterocycles. The molecule has 0 spiro atoms. The molecule has 3 N–H and O–H groups in total. The van der Waals surface area contributed by atoms with Crippen LogP contribution in [0.4, 0.5) is 11.4 Å². The molecule has 0 aliphatic carbocycles. The predicted octanol–water partition coefficient (Wildman–Crippen LogP) is 2.87. The Morgan fingerprint density at radius 1 is 1.04 bits per heavy atom. The lowest BCUT2D eigenvalue weighted by Gasteiger charge is -2.17. The molecule has 2 aromatic carbocycles. The van der Waals surface area contributed by atoms with E-state index in [9.17, 15) is 24.9 Å². The number of carbonyl (C=O) groups excluding carboxylic acids is 2. The van der Waals surface area contributed by atoms with Crippen molar-refractivity contribution in [2.45, 2.75) is 12.2 Å². The third kappa shape index (κ3) is 4.33. The van der Waals surface area contributed by atoms with Crippen molar-refractivity contribution in [3.8, 4) is 0 Å². The Balaban J connectivity index is 1.55. The minimum atomic E-state index is -1.53. The Hall–Kier alpha value is -3.72. The van der Waals surface area contributed by atoms with Crippen LogP contribution in [0.1, 0.15) is 10.4 Å². The van der Waals surface area contributed by atoms with Gasteiger partial charge in [-0.25, -0.2) is 9.59 Å². The van der Waals surface area contributed by atoms with Crippen LogP contribution in [0, 0.1) is 0 Å². The van der Waals surface area contributed by atoms with Gasteiger partial charge in [-0.3, -0.25) is 0 Å². The lowest BCUT2D eigenvalue weighted by atomic mass is 10.2. The van der Waals surface area contributed by atoms with Gasteiger partial charge in [-0.1, -0.05) is 18.2 Å². The molecule has 3 rings (SSSR count). The maximum Gasteiger partial charge on any atom is 0.377 e. The Bertz CT molecular complexity index is 923. The highest BCUT2D eigenvalue weighted by Crippen LogP contribution is 2.22. The van der Waals surface area contributed by atoms with Crippen molar-refractivity contribution < 1.29 is 34.4 Å². The zero-order valence-electron chi connectivity index (χ0n) is 14.4. The van der Waals surface area contributed by atoms with E-state index >= 15 is 0 Å². The monoisotopic (exact) mass is 384 g/mol. The highest BCUT2D eigenvalue weighted by molar-refractivity contribution is 5.90. The summed E-state index contributed by atoms with van der Waals surface area (Å²) >= 11 is 0. The van der Waals surface area contributed by atoms with Gasteiger partial charge in [-0.15, -0.1) is 0 Å². The maximum absolute atomic E-state index is 12.0. The summed E-state index contributed by atoms with van der Waals surface area (Å²) in [6.07, 6.45) is -3.02. The highest BCUT2D eigenvalue weighted by atomic mass is 16.6. The molecule has 1 aliphatic heterocycles. The fraction of sp³-hybridized carbons (Fsp3) is 0.158. The minimum absolute atomic E-state index is 0.205. The third-order valence-electron chi connectivity index (χ3n) is 3.81. The van der Waals surface area contributed by atoms with Gasteiger partial charge in [0.2, 0.25) is 5.76 Å². The quantitative estimate of drug-likeness (QED) is 0.514. The molecule has 9 heteroatoms. The SMILES string of the molecule is O=C1O[C@H]([C@H](O)COC(=O)c2ccc(N=Nc3ccccc3)cc2)C(O)=C1O. The molecule has 0 amide bonds. The van der Waals surface area contributed by atoms with Crippen molar-refractivity contribution in [3.63, 3.8) is 0 Å². The van der Waals surface area contributed by atoms with Crippen LogP contribution in [-0.2, 0) is 14.3 Å². The number of rotatable bonds is 6. The molecule has 2 atom stereocenters. The van der Waals surface area contributed by atoms with Gasteiger partial charge in [0.05, 0.1) is 16.9 Å². The normalized spacial score (nSPS) is 17.6. The second-order valence-electron chi connectivity index (χ2n) is 5.81. The highest BCUT2D eigenvalue weighted by Gasteiger charge is 2.39. The Kier molecular flexibility index (Phi) is 5.66. The Morgan fingerprint density at radius 2 is 1.64 bits per heavy atom. The summed E-state index contributed by atoms with van der Waals surface area (Å²) in [6.45, 7) is -0.552. The number of ether oxygens (including phenoxy) is 2. The summed E-state index contributed by atoms with van der Waals surface area (Å²) in [4.78, 5) is 23.2. The van der Waals surface area contributed by atoms with Gasteiger partial charge in [-0.2, -0.15) is 10.2 Å². The third-order valence-corrected chi connectivity index (χ3v) is 3.81. The number of carbonyl (C=O) groups is 2. The first kappa shape index (κ1) is 19.1.